The van der Waals surface area contributed by atoms with Crippen LogP contribution in [-0.4, -0.2) is 5.91 Å². The Morgan fingerprint density at radius 1 is 1.15 bits per heavy atom. The van der Waals surface area contributed by atoms with Crippen molar-refractivity contribution in [3.8, 4) is 0 Å². The molecule has 0 saturated carbocycles. The largest absolute Gasteiger partial charge is 0.348 e. The quantitative estimate of drug-likeness (QED) is 0.900. The summed E-state index contributed by atoms with van der Waals surface area (Å²) in [6.07, 6.45) is 0. The van der Waals surface area contributed by atoms with E-state index in [0.717, 1.165) is 0 Å². The summed E-state index contributed by atoms with van der Waals surface area (Å²) in [7, 11) is 0. The van der Waals surface area contributed by atoms with Gasteiger partial charge in [0.25, 0.3) is 5.91 Å². The average Bonchev–Trinajstić information content (AvgIpc) is 2.43. The molecular formula is C15H12BrF2NO. The number of amides is 1. The maximum absolute atomic E-state index is 13.4. The molecule has 5 heteroatoms. The molecule has 20 heavy (non-hydrogen) atoms. The van der Waals surface area contributed by atoms with Crippen LogP contribution in [0.1, 0.15) is 21.5 Å². The highest BCUT2D eigenvalue weighted by Gasteiger charge is 2.08. The number of hydrogen-bond donors (Lipinski definition) is 1. The van der Waals surface area contributed by atoms with E-state index >= 15 is 0 Å². The van der Waals surface area contributed by atoms with Crippen molar-refractivity contribution in [2.45, 2.75) is 13.5 Å². The van der Waals surface area contributed by atoms with E-state index in [9.17, 15) is 13.6 Å². The van der Waals surface area contributed by atoms with Crippen LogP contribution in [0.15, 0.2) is 40.9 Å². The summed E-state index contributed by atoms with van der Waals surface area (Å²) in [6, 6.07) is 8.80. The van der Waals surface area contributed by atoms with Gasteiger partial charge in [0.05, 0.1) is 4.47 Å². The van der Waals surface area contributed by atoms with Crippen molar-refractivity contribution >= 4 is 21.8 Å². The van der Waals surface area contributed by atoms with Crippen molar-refractivity contribution in [2.75, 3.05) is 0 Å². The Kier molecular flexibility index (Phi) is 4.49. The zero-order chi connectivity index (χ0) is 14.7. The first-order chi connectivity index (χ1) is 9.47. The predicted octanol–water partition coefficient (Wildman–Crippen LogP) is 3.97. The van der Waals surface area contributed by atoms with Gasteiger partial charge in [-0.3, -0.25) is 4.79 Å². The molecule has 1 amide bonds. The second kappa shape index (κ2) is 6.13. The van der Waals surface area contributed by atoms with Crippen LogP contribution in [0, 0.1) is 18.6 Å². The normalized spacial score (nSPS) is 10.4. The van der Waals surface area contributed by atoms with Gasteiger partial charge in [-0.1, -0.05) is 12.1 Å². The lowest BCUT2D eigenvalue weighted by molar-refractivity contribution is 0.0950. The molecule has 2 aromatic carbocycles. The molecule has 0 aliphatic heterocycles. The maximum Gasteiger partial charge on any atom is 0.251 e. The van der Waals surface area contributed by atoms with Gasteiger partial charge in [0.15, 0.2) is 0 Å². The molecule has 0 aromatic heterocycles. The molecule has 0 unspecified atom stereocenters. The SMILES string of the molecule is Cc1ccc(CNC(=O)c2ccc(F)c(Br)c2)cc1F. The van der Waals surface area contributed by atoms with Gasteiger partial charge in [0.2, 0.25) is 0 Å². The van der Waals surface area contributed by atoms with Crippen molar-refractivity contribution in [3.63, 3.8) is 0 Å². The van der Waals surface area contributed by atoms with E-state index in [0.29, 0.717) is 16.7 Å². The molecule has 0 atom stereocenters. The topological polar surface area (TPSA) is 29.1 Å². The summed E-state index contributed by atoms with van der Waals surface area (Å²) in [5, 5.41) is 2.66. The van der Waals surface area contributed by atoms with Crippen LogP contribution < -0.4 is 5.32 Å². The van der Waals surface area contributed by atoms with E-state index in [1.165, 1.54) is 24.3 Å². The van der Waals surface area contributed by atoms with E-state index in [2.05, 4.69) is 21.2 Å². The lowest BCUT2D eigenvalue weighted by Crippen LogP contribution is -2.22. The van der Waals surface area contributed by atoms with Gasteiger partial charge >= 0.3 is 0 Å². The zero-order valence-electron chi connectivity index (χ0n) is 10.7. The highest BCUT2D eigenvalue weighted by atomic mass is 79.9. The van der Waals surface area contributed by atoms with Crippen molar-refractivity contribution in [1.29, 1.82) is 0 Å². The predicted molar refractivity (Wildman–Crippen MR) is 76.4 cm³/mol. The zero-order valence-corrected chi connectivity index (χ0v) is 12.3. The van der Waals surface area contributed by atoms with Crippen LogP contribution in [0.3, 0.4) is 0 Å². The fourth-order valence-electron chi connectivity index (χ4n) is 1.67. The molecule has 2 rings (SSSR count). The van der Waals surface area contributed by atoms with Crippen LogP contribution in [0.4, 0.5) is 8.78 Å². The number of rotatable bonds is 3. The second-order valence-corrected chi connectivity index (χ2v) is 5.25. The summed E-state index contributed by atoms with van der Waals surface area (Å²) in [4.78, 5) is 11.9. The molecule has 2 nitrogen and oxygen atoms in total. The number of benzene rings is 2. The van der Waals surface area contributed by atoms with Crippen molar-refractivity contribution in [3.05, 3.63) is 69.2 Å². The molecule has 1 N–H and O–H groups in total. The minimum absolute atomic E-state index is 0.213. The molecular weight excluding hydrogens is 328 g/mol. The van der Waals surface area contributed by atoms with Gasteiger partial charge in [-0.15, -0.1) is 0 Å². The number of nitrogens with one attached hydrogen (secondary N) is 1. The Bertz CT molecular complexity index is 658. The molecule has 0 bridgehead atoms. The fraction of sp³-hybridized carbons (Fsp3) is 0.133. The Morgan fingerprint density at radius 3 is 2.55 bits per heavy atom. The maximum atomic E-state index is 13.4. The summed E-state index contributed by atoms with van der Waals surface area (Å²) in [5.74, 6) is -1.07. The molecule has 0 aliphatic carbocycles. The van der Waals surface area contributed by atoms with E-state index in [-0.39, 0.29) is 22.7 Å². The third-order valence-electron chi connectivity index (χ3n) is 2.87. The standard InChI is InChI=1S/C15H12BrF2NO/c1-9-2-3-10(6-14(9)18)8-19-15(20)11-4-5-13(17)12(16)7-11/h2-7H,8H2,1H3,(H,19,20). The fourth-order valence-corrected chi connectivity index (χ4v) is 2.05. The van der Waals surface area contributed by atoms with E-state index in [1.54, 1.807) is 19.1 Å². The molecule has 0 spiro atoms. The summed E-state index contributed by atoms with van der Waals surface area (Å²) >= 11 is 3.02. The monoisotopic (exact) mass is 339 g/mol. The van der Waals surface area contributed by atoms with Crippen molar-refractivity contribution in [2.24, 2.45) is 0 Å². The van der Waals surface area contributed by atoms with Crippen molar-refractivity contribution < 1.29 is 13.6 Å². The third kappa shape index (κ3) is 3.42. The summed E-state index contributed by atoms with van der Waals surface area (Å²) in [5.41, 5.74) is 1.57. The molecule has 2 aromatic rings. The smallest absolute Gasteiger partial charge is 0.251 e. The first kappa shape index (κ1) is 14.7. The lowest BCUT2D eigenvalue weighted by Gasteiger charge is -2.07. The lowest BCUT2D eigenvalue weighted by atomic mass is 10.1. The minimum atomic E-state index is -0.429. The molecule has 0 radical (unpaired) electrons. The number of aryl methyl sites for hydroxylation is 1. The summed E-state index contributed by atoms with van der Waals surface area (Å²) in [6.45, 7) is 1.89. The highest BCUT2D eigenvalue weighted by Crippen LogP contribution is 2.17. The minimum Gasteiger partial charge on any atom is -0.348 e. The molecule has 0 heterocycles. The summed E-state index contributed by atoms with van der Waals surface area (Å²) < 4.78 is 26.7. The number of carbonyl (C=O) groups excluding carboxylic acids is 1. The molecule has 0 saturated heterocycles. The van der Waals surface area contributed by atoms with E-state index in [1.807, 2.05) is 0 Å². The van der Waals surface area contributed by atoms with E-state index < -0.39 is 5.82 Å². The van der Waals surface area contributed by atoms with Crippen LogP contribution in [-0.2, 0) is 6.54 Å². The second-order valence-electron chi connectivity index (χ2n) is 4.40. The van der Waals surface area contributed by atoms with Gasteiger partial charge < -0.3 is 5.32 Å². The van der Waals surface area contributed by atoms with Gasteiger partial charge in [0.1, 0.15) is 11.6 Å². The number of carbonyl (C=O) groups is 1. The Morgan fingerprint density at radius 2 is 1.90 bits per heavy atom. The third-order valence-corrected chi connectivity index (χ3v) is 3.48. The van der Waals surface area contributed by atoms with Crippen LogP contribution >= 0.6 is 15.9 Å². The van der Waals surface area contributed by atoms with Crippen LogP contribution in [0.2, 0.25) is 0 Å². The average molecular weight is 340 g/mol. The number of halogens is 3. The van der Waals surface area contributed by atoms with Gasteiger partial charge in [-0.2, -0.15) is 0 Å². The van der Waals surface area contributed by atoms with Gasteiger partial charge in [-0.05, 0) is 58.2 Å². The molecule has 0 fully saturated rings. The van der Waals surface area contributed by atoms with Gasteiger partial charge in [0, 0.05) is 12.1 Å². The van der Waals surface area contributed by atoms with Crippen LogP contribution in [0.5, 0.6) is 0 Å². The molecule has 0 aliphatic rings. The number of hydrogen-bond acceptors (Lipinski definition) is 1. The van der Waals surface area contributed by atoms with E-state index in [4.69, 9.17) is 0 Å². The van der Waals surface area contributed by atoms with Gasteiger partial charge in [-0.25, -0.2) is 8.78 Å². The first-order valence-corrected chi connectivity index (χ1v) is 6.75. The molecule has 104 valence electrons. The Balaban J connectivity index is 2.04. The Labute approximate surface area is 123 Å². The first-order valence-electron chi connectivity index (χ1n) is 5.95. The van der Waals surface area contributed by atoms with Crippen molar-refractivity contribution in [1.82, 2.24) is 5.32 Å². The highest BCUT2D eigenvalue weighted by molar-refractivity contribution is 9.10. The Hall–Kier alpha value is -1.75. The van der Waals surface area contributed by atoms with Crippen LogP contribution in [0.25, 0.3) is 0 Å².